The van der Waals surface area contributed by atoms with Crippen LogP contribution in [0, 0.1) is 5.92 Å². The number of carbonyl (C=O) groups is 6. The Morgan fingerprint density at radius 2 is 1.49 bits per heavy atom. The number of benzene rings is 2. The second-order valence-electron chi connectivity index (χ2n) is 11.7. The van der Waals surface area contributed by atoms with Crippen molar-refractivity contribution in [2.45, 2.75) is 90.3 Å². The van der Waals surface area contributed by atoms with E-state index in [0.717, 1.165) is 36.2 Å². The number of unbranched alkanes of at least 4 members (excludes halogenated alkanes) is 1. The molecule has 0 aromatic heterocycles. The molecule has 6 N–H and O–H groups in total. The fourth-order valence-electron chi connectivity index (χ4n) is 5.13. The fourth-order valence-corrected chi connectivity index (χ4v) is 5.13. The average Bonchev–Trinajstić information content (AvgIpc) is 3.10. The van der Waals surface area contributed by atoms with Crippen LogP contribution in [-0.4, -0.2) is 72.9 Å². The SMILES string of the molecule is CCNc1ccc(CC(NC(=O)CCC(=O)[C@H](CCC(=O)NCCCCC(CC)C(=O)NC)NC(=O)OCc2ccccc2)C(=O)O)cc1. The fraction of sp³-hybridized carbons (Fsp3) is 0.500. The van der Waals surface area contributed by atoms with E-state index in [9.17, 15) is 33.9 Å². The normalized spacial score (nSPS) is 12.5. The van der Waals surface area contributed by atoms with Gasteiger partial charge in [-0.3, -0.25) is 19.2 Å². The third-order valence-electron chi connectivity index (χ3n) is 7.97. The van der Waals surface area contributed by atoms with Crippen molar-refractivity contribution < 1.29 is 38.6 Å². The molecule has 0 aliphatic carbocycles. The molecule has 0 radical (unpaired) electrons. The minimum atomic E-state index is -1.21. The number of carboxylic acids is 1. The second-order valence-corrected chi connectivity index (χ2v) is 11.7. The topological polar surface area (TPSA) is 192 Å². The number of alkyl carbamates (subject to hydrolysis) is 1. The molecule has 0 saturated carbocycles. The van der Waals surface area contributed by atoms with Gasteiger partial charge in [0.05, 0.1) is 6.04 Å². The lowest BCUT2D eigenvalue weighted by Crippen LogP contribution is -2.44. The van der Waals surface area contributed by atoms with Crippen LogP contribution in [-0.2, 0) is 41.7 Å². The van der Waals surface area contributed by atoms with E-state index in [2.05, 4.69) is 26.6 Å². The van der Waals surface area contributed by atoms with Gasteiger partial charge >= 0.3 is 12.1 Å². The smallest absolute Gasteiger partial charge is 0.408 e. The number of ketones is 1. The summed E-state index contributed by atoms with van der Waals surface area (Å²) in [4.78, 5) is 74.8. The number of aliphatic carboxylic acids is 1. The summed E-state index contributed by atoms with van der Waals surface area (Å²) in [5.74, 6) is -2.71. The Balaban J connectivity index is 1.92. The zero-order chi connectivity index (χ0) is 36.0. The van der Waals surface area contributed by atoms with Gasteiger partial charge < -0.3 is 36.4 Å². The van der Waals surface area contributed by atoms with Crippen LogP contribution in [0.5, 0.6) is 0 Å². The molecule has 2 aromatic rings. The van der Waals surface area contributed by atoms with E-state index in [1.165, 1.54) is 0 Å². The molecule has 2 rings (SSSR count). The van der Waals surface area contributed by atoms with Gasteiger partial charge in [0, 0.05) is 57.4 Å². The summed E-state index contributed by atoms with van der Waals surface area (Å²) in [5, 5.41) is 23.3. The molecule has 0 spiro atoms. The van der Waals surface area contributed by atoms with Gasteiger partial charge in [0.15, 0.2) is 5.78 Å². The molecular formula is C36H51N5O8. The van der Waals surface area contributed by atoms with Crippen molar-refractivity contribution >= 4 is 41.3 Å². The highest BCUT2D eigenvalue weighted by atomic mass is 16.5. The first kappa shape index (κ1) is 40.2. The lowest BCUT2D eigenvalue weighted by Gasteiger charge is -2.18. The summed E-state index contributed by atoms with van der Waals surface area (Å²) < 4.78 is 5.26. The van der Waals surface area contributed by atoms with E-state index in [4.69, 9.17) is 4.74 Å². The largest absolute Gasteiger partial charge is 0.480 e. The van der Waals surface area contributed by atoms with Crippen molar-refractivity contribution in [2.24, 2.45) is 5.92 Å². The van der Waals surface area contributed by atoms with Gasteiger partial charge in [0.25, 0.3) is 0 Å². The number of Topliss-reactive ketones (excluding diaryl/α,β-unsaturated/α-hetero) is 1. The van der Waals surface area contributed by atoms with Crippen LogP contribution in [0.15, 0.2) is 54.6 Å². The van der Waals surface area contributed by atoms with E-state index in [-0.39, 0.29) is 56.4 Å². The first-order valence-corrected chi connectivity index (χ1v) is 16.9. The summed E-state index contributed by atoms with van der Waals surface area (Å²) >= 11 is 0. The van der Waals surface area contributed by atoms with E-state index in [1.807, 2.05) is 32.0 Å². The zero-order valence-corrected chi connectivity index (χ0v) is 28.7. The second kappa shape index (κ2) is 22.6. The minimum absolute atomic E-state index is 0.00203. The van der Waals surface area contributed by atoms with Crippen LogP contribution < -0.4 is 26.6 Å². The Morgan fingerprint density at radius 3 is 2.12 bits per heavy atom. The molecular weight excluding hydrogens is 630 g/mol. The van der Waals surface area contributed by atoms with Crippen LogP contribution in [0.4, 0.5) is 10.5 Å². The average molecular weight is 682 g/mol. The number of rotatable bonds is 23. The van der Waals surface area contributed by atoms with Crippen LogP contribution in [0.2, 0.25) is 0 Å². The maximum atomic E-state index is 13.2. The van der Waals surface area contributed by atoms with Crippen molar-refractivity contribution in [2.75, 3.05) is 25.5 Å². The third-order valence-corrected chi connectivity index (χ3v) is 7.97. The highest BCUT2D eigenvalue weighted by molar-refractivity contribution is 5.92. The van der Waals surface area contributed by atoms with Crippen LogP contribution in [0.25, 0.3) is 0 Å². The number of anilines is 1. The number of ether oxygens (including phenoxy) is 1. The molecule has 0 bridgehead atoms. The molecule has 0 fully saturated rings. The highest BCUT2D eigenvalue weighted by Crippen LogP contribution is 2.14. The Morgan fingerprint density at radius 1 is 0.776 bits per heavy atom. The van der Waals surface area contributed by atoms with E-state index in [1.54, 1.807) is 43.4 Å². The predicted octanol–water partition coefficient (Wildman–Crippen LogP) is 3.71. The lowest BCUT2D eigenvalue weighted by atomic mass is 9.98. The summed E-state index contributed by atoms with van der Waals surface area (Å²) in [5.41, 5.74) is 2.36. The van der Waals surface area contributed by atoms with Crippen LogP contribution >= 0.6 is 0 Å². The van der Waals surface area contributed by atoms with Crippen molar-refractivity contribution in [3.8, 4) is 0 Å². The molecule has 3 atom stereocenters. The lowest BCUT2D eigenvalue weighted by molar-refractivity contribution is -0.141. The van der Waals surface area contributed by atoms with Crippen molar-refractivity contribution in [3.05, 3.63) is 65.7 Å². The molecule has 2 unspecified atom stereocenters. The molecule has 13 heteroatoms. The number of nitrogens with one attached hydrogen (secondary N) is 5. The summed E-state index contributed by atoms with van der Waals surface area (Å²) in [7, 11) is 1.61. The van der Waals surface area contributed by atoms with Gasteiger partial charge in [-0.1, -0.05) is 55.8 Å². The first-order valence-electron chi connectivity index (χ1n) is 16.9. The summed E-state index contributed by atoms with van der Waals surface area (Å²) in [6.45, 7) is 5.04. The van der Waals surface area contributed by atoms with Crippen molar-refractivity contribution in [3.63, 3.8) is 0 Å². The Bertz CT molecular complexity index is 1350. The van der Waals surface area contributed by atoms with Crippen molar-refractivity contribution in [1.29, 1.82) is 0 Å². The Kier molecular flexibility index (Phi) is 18.6. The third kappa shape index (κ3) is 16.1. The number of hydrogen-bond donors (Lipinski definition) is 6. The van der Waals surface area contributed by atoms with Crippen molar-refractivity contribution in [1.82, 2.24) is 21.3 Å². The molecule has 2 aromatic carbocycles. The van der Waals surface area contributed by atoms with Gasteiger partial charge in [-0.2, -0.15) is 0 Å². The molecule has 0 heterocycles. The van der Waals surface area contributed by atoms with Gasteiger partial charge in [0.1, 0.15) is 12.6 Å². The molecule has 49 heavy (non-hydrogen) atoms. The zero-order valence-electron chi connectivity index (χ0n) is 28.7. The molecule has 4 amide bonds. The standard InChI is InChI=1S/C36H51N5O8/c1-4-27(34(45)37-3)13-9-10-22-39-32(43)20-18-29(41-36(48)49-24-26-11-7-6-8-12-26)31(42)19-21-33(44)40-30(35(46)47)23-25-14-16-28(17-15-25)38-5-2/h6-8,11-12,14-17,27,29-30,38H,4-5,9-10,13,18-24H2,1-3H3,(H,37,45)(H,39,43)(H,40,44)(H,41,48)(H,46,47)/t27?,29-,30?/m0/s1. The van der Waals surface area contributed by atoms with Gasteiger partial charge in [-0.25, -0.2) is 9.59 Å². The number of amides is 4. The molecule has 0 aliphatic rings. The van der Waals surface area contributed by atoms with Gasteiger partial charge in [0.2, 0.25) is 17.7 Å². The van der Waals surface area contributed by atoms with Gasteiger partial charge in [-0.05, 0) is 55.9 Å². The number of carboxylic acid groups (broad SMARTS) is 1. The predicted molar refractivity (Wildman–Crippen MR) is 186 cm³/mol. The Labute approximate surface area is 288 Å². The van der Waals surface area contributed by atoms with E-state index < -0.39 is 35.8 Å². The number of carbonyl (C=O) groups excluding carboxylic acids is 5. The first-order chi connectivity index (χ1) is 23.6. The molecule has 0 saturated heterocycles. The van der Waals surface area contributed by atoms with E-state index >= 15 is 0 Å². The monoisotopic (exact) mass is 681 g/mol. The maximum absolute atomic E-state index is 13.2. The summed E-state index contributed by atoms with van der Waals surface area (Å²) in [6, 6.07) is 13.9. The Hall–Kier alpha value is -4.94. The quantitative estimate of drug-likeness (QED) is 0.0949. The maximum Gasteiger partial charge on any atom is 0.408 e. The van der Waals surface area contributed by atoms with Crippen LogP contribution in [0.3, 0.4) is 0 Å². The number of hydrogen-bond acceptors (Lipinski definition) is 8. The van der Waals surface area contributed by atoms with Crippen LogP contribution in [0.1, 0.15) is 76.3 Å². The van der Waals surface area contributed by atoms with Gasteiger partial charge in [-0.15, -0.1) is 0 Å². The summed E-state index contributed by atoms with van der Waals surface area (Å²) in [6.07, 6.45) is 1.41. The molecule has 268 valence electrons. The molecule has 13 nitrogen and oxygen atoms in total. The molecule has 0 aliphatic heterocycles. The van der Waals surface area contributed by atoms with E-state index in [0.29, 0.717) is 19.4 Å². The highest BCUT2D eigenvalue weighted by Gasteiger charge is 2.25. The minimum Gasteiger partial charge on any atom is -0.480 e.